The second kappa shape index (κ2) is 9.36. The van der Waals surface area contributed by atoms with Crippen molar-refractivity contribution >= 4 is 24.2 Å². The van der Waals surface area contributed by atoms with E-state index in [1.165, 1.54) is 0 Å². The fourth-order valence-corrected chi connectivity index (χ4v) is 2.73. The molecule has 2 N–H and O–H groups in total. The van der Waals surface area contributed by atoms with Crippen molar-refractivity contribution in [1.82, 2.24) is 9.80 Å². The minimum Gasteiger partial charge on any atom is -0.343 e. The Bertz CT molecular complexity index is 366. The molecule has 0 aromatic heterocycles. The fourth-order valence-electron chi connectivity index (χ4n) is 2.73. The van der Waals surface area contributed by atoms with Gasteiger partial charge in [0.05, 0.1) is 6.04 Å². The first-order chi connectivity index (χ1) is 9.73. The van der Waals surface area contributed by atoms with Crippen LogP contribution in [0.5, 0.6) is 0 Å². The second-order valence-corrected chi connectivity index (χ2v) is 6.88. The lowest BCUT2D eigenvalue weighted by Gasteiger charge is -2.35. The van der Waals surface area contributed by atoms with Gasteiger partial charge in [0.25, 0.3) is 0 Å². The zero-order valence-electron chi connectivity index (χ0n) is 14.5. The normalized spacial score (nSPS) is 17.4. The van der Waals surface area contributed by atoms with Crippen LogP contribution in [0, 0.1) is 11.8 Å². The first-order valence-electron chi connectivity index (χ1n) is 8.05. The molecule has 5 nitrogen and oxygen atoms in total. The van der Waals surface area contributed by atoms with E-state index < -0.39 is 6.04 Å². The van der Waals surface area contributed by atoms with Crippen molar-refractivity contribution in [3.63, 3.8) is 0 Å². The molecule has 1 saturated heterocycles. The van der Waals surface area contributed by atoms with E-state index >= 15 is 0 Å². The average molecular weight is 334 g/mol. The molecular formula is C16H32ClN3O2. The van der Waals surface area contributed by atoms with Gasteiger partial charge in [-0.3, -0.25) is 9.59 Å². The van der Waals surface area contributed by atoms with Gasteiger partial charge in [-0.25, -0.2) is 0 Å². The molecule has 0 bridgehead atoms. The van der Waals surface area contributed by atoms with Gasteiger partial charge in [0, 0.05) is 32.1 Å². The SMILES string of the molecule is CC(C)C[C@H](N)C(=O)N1CCC(C(=O)N(C)C(C)C)CC1.Cl. The van der Waals surface area contributed by atoms with Gasteiger partial charge in [0.15, 0.2) is 0 Å². The zero-order valence-corrected chi connectivity index (χ0v) is 15.4. The van der Waals surface area contributed by atoms with Crippen LogP contribution in [0.2, 0.25) is 0 Å². The van der Waals surface area contributed by atoms with Crippen LogP contribution in [-0.2, 0) is 9.59 Å². The maximum absolute atomic E-state index is 12.3. The number of likely N-dealkylation sites (tertiary alicyclic amines) is 1. The van der Waals surface area contributed by atoms with Gasteiger partial charge in [0.2, 0.25) is 11.8 Å². The van der Waals surface area contributed by atoms with E-state index in [1.807, 2.05) is 25.8 Å². The van der Waals surface area contributed by atoms with Gasteiger partial charge in [-0.2, -0.15) is 0 Å². The van der Waals surface area contributed by atoms with Gasteiger partial charge in [-0.1, -0.05) is 13.8 Å². The number of rotatable bonds is 5. The summed E-state index contributed by atoms with van der Waals surface area (Å²) in [5.74, 6) is 0.695. The predicted molar refractivity (Wildman–Crippen MR) is 91.9 cm³/mol. The van der Waals surface area contributed by atoms with Crippen LogP contribution < -0.4 is 5.73 Å². The number of nitrogens with two attached hydrogens (primary N) is 1. The van der Waals surface area contributed by atoms with Gasteiger partial charge < -0.3 is 15.5 Å². The number of hydrogen-bond donors (Lipinski definition) is 1. The van der Waals surface area contributed by atoms with E-state index in [9.17, 15) is 9.59 Å². The lowest BCUT2D eigenvalue weighted by atomic mass is 9.94. The Morgan fingerprint density at radius 1 is 1.18 bits per heavy atom. The molecular weight excluding hydrogens is 302 g/mol. The van der Waals surface area contributed by atoms with E-state index in [4.69, 9.17) is 5.73 Å². The number of halogens is 1. The number of amides is 2. The summed E-state index contributed by atoms with van der Waals surface area (Å²) in [4.78, 5) is 28.2. The summed E-state index contributed by atoms with van der Waals surface area (Å²) in [6.07, 6.45) is 2.21. The molecule has 0 radical (unpaired) electrons. The number of carbonyl (C=O) groups is 2. The molecule has 1 atom stereocenters. The van der Waals surface area contributed by atoms with Crippen molar-refractivity contribution in [2.75, 3.05) is 20.1 Å². The number of carbonyl (C=O) groups excluding carboxylic acids is 2. The lowest BCUT2D eigenvalue weighted by molar-refractivity contribution is -0.141. The Morgan fingerprint density at radius 2 is 1.68 bits per heavy atom. The summed E-state index contributed by atoms with van der Waals surface area (Å²) in [6, 6.07) is -0.188. The van der Waals surface area contributed by atoms with Gasteiger partial charge in [0.1, 0.15) is 0 Å². The van der Waals surface area contributed by atoms with Crippen molar-refractivity contribution in [1.29, 1.82) is 0 Å². The smallest absolute Gasteiger partial charge is 0.239 e. The van der Waals surface area contributed by atoms with E-state index in [-0.39, 0.29) is 36.2 Å². The summed E-state index contributed by atoms with van der Waals surface area (Å²) in [6.45, 7) is 9.46. The van der Waals surface area contributed by atoms with E-state index in [1.54, 1.807) is 4.90 Å². The zero-order chi connectivity index (χ0) is 16.2. The Morgan fingerprint density at radius 3 is 2.09 bits per heavy atom. The maximum atomic E-state index is 12.3. The molecule has 1 rings (SSSR count). The predicted octanol–water partition coefficient (Wildman–Crippen LogP) is 1.89. The molecule has 0 aromatic rings. The molecule has 0 saturated carbocycles. The number of nitrogens with zero attached hydrogens (tertiary/aromatic N) is 2. The van der Waals surface area contributed by atoms with Gasteiger partial charge in [-0.05, 0) is 39.0 Å². The van der Waals surface area contributed by atoms with Crippen LogP contribution in [0.25, 0.3) is 0 Å². The van der Waals surface area contributed by atoms with E-state index in [0.29, 0.717) is 25.4 Å². The molecule has 0 spiro atoms. The molecule has 0 aliphatic carbocycles. The highest BCUT2D eigenvalue weighted by Gasteiger charge is 2.31. The molecule has 6 heteroatoms. The highest BCUT2D eigenvalue weighted by Crippen LogP contribution is 2.21. The van der Waals surface area contributed by atoms with Crippen LogP contribution in [0.15, 0.2) is 0 Å². The van der Waals surface area contributed by atoms with Crippen molar-refractivity contribution in [2.24, 2.45) is 17.6 Å². The average Bonchev–Trinajstić information content (AvgIpc) is 2.44. The standard InChI is InChI=1S/C16H31N3O2.ClH/c1-11(2)10-14(17)16(21)19-8-6-13(7-9-19)15(20)18(5)12(3)4;/h11-14H,6-10,17H2,1-5H3;1H/t14-;/m0./s1. The first kappa shape index (κ1) is 21.2. The first-order valence-corrected chi connectivity index (χ1v) is 8.05. The molecule has 0 aromatic carbocycles. The third-order valence-corrected chi connectivity index (χ3v) is 4.32. The van der Waals surface area contributed by atoms with Crippen LogP contribution in [0.1, 0.15) is 47.0 Å². The topological polar surface area (TPSA) is 66.6 Å². The van der Waals surface area contributed by atoms with Crippen LogP contribution in [-0.4, -0.2) is 53.8 Å². The summed E-state index contributed by atoms with van der Waals surface area (Å²) in [7, 11) is 1.85. The number of hydrogen-bond acceptors (Lipinski definition) is 3. The lowest BCUT2D eigenvalue weighted by Crippen LogP contribution is -2.49. The van der Waals surface area contributed by atoms with Crippen LogP contribution >= 0.6 is 12.4 Å². The molecule has 1 heterocycles. The van der Waals surface area contributed by atoms with Crippen molar-refractivity contribution in [3.05, 3.63) is 0 Å². The minimum absolute atomic E-state index is 0. The molecule has 1 aliphatic heterocycles. The molecule has 130 valence electrons. The fraction of sp³-hybridized carbons (Fsp3) is 0.875. The van der Waals surface area contributed by atoms with Crippen molar-refractivity contribution in [2.45, 2.75) is 59.0 Å². The van der Waals surface area contributed by atoms with Crippen LogP contribution in [0.4, 0.5) is 0 Å². The summed E-state index contributed by atoms with van der Waals surface area (Å²) >= 11 is 0. The largest absolute Gasteiger partial charge is 0.343 e. The summed E-state index contributed by atoms with van der Waals surface area (Å²) < 4.78 is 0. The third-order valence-electron chi connectivity index (χ3n) is 4.32. The molecule has 2 amide bonds. The monoisotopic (exact) mass is 333 g/mol. The van der Waals surface area contributed by atoms with E-state index in [2.05, 4.69) is 13.8 Å². The maximum Gasteiger partial charge on any atom is 0.239 e. The van der Waals surface area contributed by atoms with Gasteiger partial charge in [-0.15, -0.1) is 12.4 Å². The Balaban J connectivity index is 0.00000441. The Kier molecular flexibility index (Phi) is 9.01. The highest BCUT2D eigenvalue weighted by atomic mass is 35.5. The summed E-state index contributed by atoms with van der Waals surface area (Å²) in [5.41, 5.74) is 5.97. The van der Waals surface area contributed by atoms with Crippen molar-refractivity contribution in [3.8, 4) is 0 Å². The van der Waals surface area contributed by atoms with Crippen LogP contribution in [0.3, 0.4) is 0 Å². The molecule has 1 aliphatic rings. The third kappa shape index (κ3) is 5.76. The molecule has 1 fully saturated rings. The second-order valence-electron chi connectivity index (χ2n) is 6.88. The number of piperidine rings is 1. The summed E-state index contributed by atoms with van der Waals surface area (Å²) in [5, 5.41) is 0. The Labute approximate surface area is 141 Å². The Hall–Kier alpha value is -0.810. The minimum atomic E-state index is -0.407. The van der Waals surface area contributed by atoms with E-state index in [0.717, 1.165) is 12.8 Å². The molecule has 0 unspecified atom stereocenters. The van der Waals surface area contributed by atoms with Crippen molar-refractivity contribution < 1.29 is 9.59 Å². The quantitative estimate of drug-likeness (QED) is 0.835. The highest BCUT2D eigenvalue weighted by molar-refractivity contribution is 5.85. The molecule has 22 heavy (non-hydrogen) atoms. The van der Waals surface area contributed by atoms with Gasteiger partial charge >= 0.3 is 0 Å².